The van der Waals surface area contributed by atoms with Gasteiger partial charge in [0.25, 0.3) is 0 Å². The number of carbonyl (C=O) groups is 2. The number of benzene rings is 1. The van der Waals surface area contributed by atoms with E-state index in [1.54, 1.807) is 6.07 Å². The number of rotatable bonds is 4. The fraction of sp³-hybridized carbons (Fsp3) is 0.385. The molecule has 0 bridgehead atoms. The van der Waals surface area contributed by atoms with E-state index >= 15 is 0 Å². The molecule has 0 saturated heterocycles. The molecule has 0 amide bonds. The van der Waals surface area contributed by atoms with Crippen molar-refractivity contribution in [2.45, 2.75) is 18.6 Å². The number of hydrogen-bond donors (Lipinski definition) is 1. The molecule has 1 aliphatic heterocycles. The molecule has 0 saturated carbocycles. The first-order chi connectivity index (χ1) is 9.78. The zero-order chi connectivity index (χ0) is 15.8. The fourth-order valence-corrected chi connectivity index (χ4v) is 3.74. The van der Waals surface area contributed by atoms with E-state index in [0.717, 1.165) is 17.0 Å². The zero-order valence-electron chi connectivity index (χ0n) is 11.6. The van der Waals surface area contributed by atoms with Crippen molar-refractivity contribution in [2.75, 3.05) is 18.0 Å². The van der Waals surface area contributed by atoms with E-state index in [0.29, 0.717) is 12.1 Å². The highest BCUT2D eigenvalue weighted by molar-refractivity contribution is 7.94. The van der Waals surface area contributed by atoms with E-state index in [9.17, 15) is 18.0 Å². The minimum Gasteiger partial charge on any atom is -0.478 e. The van der Waals surface area contributed by atoms with Crippen molar-refractivity contribution in [1.29, 1.82) is 0 Å². The van der Waals surface area contributed by atoms with Crippen LogP contribution in [0.25, 0.3) is 0 Å². The van der Waals surface area contributed by atoms with Crippen molar-refractivity contribution < 1.29 is 27.9 Å². The summed E-state index contributed by atoms with van der Waals surface area (Å²) in [7, 11) is -2.82. The van der Waals surface area contributed by atoms with E-state index in [-0.39, 0.29) is 12.1 Å². The second-order valence-corrected chi connectivity index (χ2v) is 6.86. The molecule has 0 radical (unpaired) electrons. The van der Waals surface area contributed by atoms with Crippen LogP contribution in [0.3, 0.4) is 0 Å². The van der Waals surface area contributed by atoms with Crippen LogP contribution < -0.4 is 4.31 Å². The second-order valence-electron chi connectivity index (χ2n) is 4.68. The third-order valence-electron chi connectivity index (χ3n) is 3.47. The third-order valence-corrected chi connectivity index (χ3v) is 5.55. The summed E-state index contributed by atoms with van der Waals surface area (Å²) in [4.78, 5) is 22.5. The Morgan fingerprint density at radius 1 is 1.38 bits per heavy atom. The molecule has 114 valence electrons. The van der Waals surface area contributed by atoms with Crippen LogP contribution in [0.15, 0.2) is 18.2 Å². The molecule has 0 spiro atoms. The van der Waals surface area contributed by atoms with Crippen LogP contribution in [0.1, 0.15) is 22.8 Å². The van der Waals surface area contributed by atoms with Crippen molar-refractivity contribution in [3.63, 3.8) is 0 Å². The summed E-state index contributed by atoms with van der Waals surface area (Å²) < 4.78 is 30.5. The van der Waals surface area contributed by atoms with Gasteiger partial charge in [0.05, 0.1) is 18.4 Å². The molecule has 1 heterocycles. The summed E-state index contributed by atoms with van der Waals surface area (Å²) >= 11 is 0. The molecule has 0 fully saturated rings. The topological polar surface area (TPSA) is 101 Å². The van der Waals surface area contributed by atoms with Crippen molar-refractivity contribution in [3.05, 3.63) is 29.3 Å². The maximum Gasteiger partial charge on any atom is 0.335 e. The van der Waals surface area contributed by atoms with Crippen molar-refractivity contribution in [1.82, 2.24) is 0 Å². The minimum absolute atomic E-state index is 0.00145. The lowest BCUT2D eigenvalue weighted by Gasteiger charge is -2.22. The Bertz CT molecular complexity index is 697. The molecule has 21 heavy (non-hydrogen) atoms. The highest BCUT2D eigenvalue weighted by atomic mass is 32.2. The number of aromatic carboxylic acids is 1. The van der Waals surface area contributed by atoms with Gasteiger partial charge in [-0.2, -0.15) is 0 Å². The van der Waals surface area contributed by atoms with Gasteiger partial charge >= 0.3 is 11.9 Å². The lowest BCUT2D eigenvalue weighted by atomic mass is 10.1. The van der Waals surface area contributed by atoms with Gasteiger partial charge in [-0.25, -0.2) is 13.2 Å². The average Bonchev–Trinajstić information content (AvgIpc) is 2.88. The maximum atomic E-state index is 12.5. The first kappa shape index (κ1) is 15.3. The summed E-state index contributed by atoms with van der Waals surface area (Å²) in [6.07, 6.45) is 0.475. The molecule has 2 rings (SSSR count). The molecule has 0 aromatic heterocycles. The van der Waals surface area contributed by atoms with Gasteiger partial charge < -0.3 is 9.84 Å². The standard InChI is InChI=1S/C13H15NO6S/c1-8(13(17)20-2)21(18,19)14-6-5-9-3-4-10(12(15)16)7-11(9)14/h3-4,7-8H,5-6H2,1-2H3,(H,15,16). The van der Waals surface area contributed by atoms with E-state index in [1.807, 2.05) is 0 Å². The van der Waals surface area contributed by atoms with Crippen LogP contribution in [-0.4, -0.2) is 44.4 Å². The largest absolute Gasteiger partial charge is 0.478 e. The summed E-state index contributed by atoms with van der Waals surface area (Å²) in [5, 5.41) is 7.65. The predicted octanol–water partition coefficient (Wildman–Crippen LogP) is 0.639. The maximum absolute atomic E-state index is 12.5. The number of anilines is 1. The number of ether oxygens (including phenoxy) is 1. The van der Waals surface area contributed by atoms with Crippen LogP contribution in [0.4, 0.5) is 5.69 Å². The molecule has 1 atom stereocenters. The minimum atomic E-state index is -3.94. The van der Waals surface area contributed by atoms with Gasteiger partial charge in [0.2, 0.25) is 10.0 Å². The van der Waals surface area contributed by atoms with Gasteiger partial charge in [-0.05, 0) is 31.0 Å². The Morgan fingerprint density at radius 3 is 2.62 bits per heavy atom. The smallest absolute Gasteiger partial charge is 0.335 e. The first-order valence-corrected chi connectivity index (χ1v) is 7.75. The summed E-state index contributed by atoms with van der Waals surface area (Å²) in [6.45, 7) is 1.43. The second kappa shape index (κ2) is 5.36. The summed E-state index contributed by atoms with van der Waals surface area (Å²) in [5.74, 6) is -1.99. The predicted molar refractivity (Wildman–Crippen MR) is 74.8 cm³/mol. The SMILES string of the molecule is COC(=O)C(C)S(=O)(=O)N1CCc2ccc(C(=O)O)cc21. The molecule has 8 heteroatoms. The average molecular weight is 313 g/mol. The highest BCUT2D eigenvalue weighted by Gasteiger charge is 2.38. The number of carboxylic acid groups (broad SMARTS) is 1. The number of sulfonamides is 1. The molecule has 7 nitrogen and oxygen atoms in total. The van der Waals surface area contributed by atoms with Gasteiger partial charge in [-0.3, -0.25) is 9.10 Å². The van der Waals surface area contributed by atoms with Crippen LogP contribution >= 0.6 is 0 Å². The lowest BCUT2D eigenvalue weighted by molar-refractivity contribution is -0.139. The highest BCUT2D eigenvalue weighted by Crippen LogP contribution is 2.32. The Morgan fingerprint density at radius 2 is 2.05 bits per heavy atom. The number of hydrogen-bond acceptors (Lipinski definition) is 5. The summed E-state index contributed by atoms with van der Waals surface area (Å²) in [5.41, 5.74) is 1.05. The number of methoxy groups -OCH3 is 1. The number of nitrogens with zero attached hydrogens (tertiary/aromatic N) is 1. The Balaban J connectivity index is 2.44. The molecular formula is C13H15NO6S. The quantitative estimate of drug-likeness (QED) is 0.819. The van der Waals surface area contributed by atoms with E-state index in [4.69, 9.17) is 5.11 Å². The number of carbonyl (C=O) groups excluding carboxylic acids is 1. The molecular weight excluding hydrogens is 298 g/mol. The van der Waals surface area contributed by atoms with Crippen molar-refractivity contribution in [3.8, 4) is 0 Å². The summed E-state index contributed by atoms with van der Waals surface area (Å²) in [6, 6.07) is 4.34. The van der Waals surface area contributed by atoms with E-state index < -0.39 is 27.2 Å². The van der Waals surface area contributed by atoms with Crippen molar-refractivity contribution >= 4 is 27.6 Å². The Kier molecular flexibility index (Phi) is 3.91. The Labute approximate surface area is 122 Å². The molecule has 1 N–H and O–H groups in total. The first-order valence-electron chi connectivity index (χ1n) is 6.24. The molecule has 1 aromatic rings. The van der Waals surface area contributed by atoms with E-state index in [1.165, 1.54) is 19.1 Å². The number of esters is 1. The third kappa shape index (κ3) is 2.58. The normalized spacial score (nSPS) is 15.4. The number of carboxylic acids is 1. The van der Waals surface area contributed by atoms with Gasteiger partial charge in [-0.1, -0.05) is 6.07 Å². The molecule has 0 aliphatic carbocycles. The molecule has 1 aliphatic rings. The fourth-order valence-electron chi connectivity index (χ4n) is 2.23. The van der Waals surface area contributed by atoms with Crippen LogP contribution in [0.2, 0.25) is 0 Å². The van der Waals surface area contributed by atoms with Crippen LogP contribution in [0, 0.1) is 0 Å². The molecule has 1 unspecified atom stereocenters. The number of fused-ring (bicyclic) bond motifs is 1. The van der Waals surface area contributed by atoms with Gasteiger partial charge in [-0.15, -0.1) is 0 Å². The van der Waals surface area contributed by atoms with Crippen LogP contribution in [0.5, 0.6) is 0 Å². The van der Waals surface area contributed by atoms with Gasteiger partial charge in [0, 0.05) is 6.54 Å². The lowest BCUT2D eigenvalue weighted by Crippen LogP contribution is -2.41. The van der Waals surface area contributed by atoms with Crippen molar-refractivity contribution in [2.24, 2.45) is 0 Å². The zero-order valence-corrected chi connectivity index (χ0v) is 12.4. The monoisotopic (exact) mass is 313 g/mol. The van der Waals surface area contributed by atoms with Gasteiger partial charge in [0.15, 0.2) is 5.25 Å². The molecule has 1 aromatic carbocycles. The Hall–Kier alpha value is -2.09. The van der Waals surface area contributed by atoms with E-state index in [2.05, 4.69) is 4.74 Å². The van der Waals surface area contributed by atoms with Gasteiger partial charge in [0.1, 0.15) is 0 Å². The van der Waals surface area contributed by atoms with Crippen LogP contribution in [-0.2, 0) is 26.0 Å².